The molecule has 5 heteroatoms. The standard InChI is InChI=1S/C13H15FN2O2/c1-2-3-11-12(17)16(13(18)15-11)8-9-4-6-10(14)7-5-9/h4-7,11H,2-3,8H2,1H3,(H,15,18)/t11-/m1/s1. The summed E-state index contributed by atoms with van der Waals surface area (Å²) in [6.45, 7) is 2.15. The lowest BCUT2D eigenvalue weighted by molar-refractivity contribution is -0.128. The van der Waals surface area contributed by atoms with Gasteiger partial charge in [0.1, 0.15) is 11.9 Å². The minimum absolute atomic E-state index is 0.186. The first-order chi connectivity index (χ1) is 8.61. The molecule has 0 aliphatic carbocycles. The summed E-state index contributed by atoms with van der Waals surface area (Å²) in [7, 11) is 0. The maximum absolute atomic E-state index is 12.8. The van der Waals surface area contributed by atoms with Crippen LogP contribution in [0.1, 0.15) is 25.3 Å². The molecule has 1 atom stereocenters. The molecule has 3 amide bonds. The van der Waals surface area contributed by atoms with E-state index in [1.165, 1.54) is 17.0 Å². The number of urea groups is 1. The van der Waals surface area contributed by atoms with Crippen LogP contribution < -0.4 is 5.32 Å². The van der Waals surface area contributed by atoms with Gasteiger partial charge < -0.3 is 5.32 Å². The minimum Gasteiger partial charge on any atom is -0.326 e. The van der Waals surface area contributed by atoms with E-state index in [1.54, 1.807) is 12.1 Å². The number of hydrogen-bond donors (Lipinski definition) is 1. The van der Waals surface area contributed by atoms with Crippen LogP contribution in [0.25, 0.3) is 0 Å². The Morgan fingerprint density at radius 2 is 1.94 bits per heavy atom. The summed E-state index contributed by atoms with van der Waals surface area (Å²) >= 11 is 0. The van der Waals surface area contributed by atoms with Crippen LogP contribution in [0.15, 0.2) is 24.3 Å². The van der Waals surface area contributed by atoms with Gasteiger partial charge in [-0.1, -0.05) is 25.5 Å². The number of nitrogens with zero attached hydrogens (tertiary/aromatic N) is 1. The monoisotopic (exact) mass is 250 g/mol. The third-order valence-electron chi connectivity index (χ3n) is 2.94. The Morgan fingerprint density at radius 3 is 2.56 bits per heavy atom. The van der Waals surface area contributed by atoms with Crippen molar-refractivity contribution in [1.29, 1.82) is 0 Å². The van der Waals surface area contributed by atoms with Gasteiger partial charge in [-0.25, -0.2) is 9.18 Å². The van der Waals surface area contributed by atoms with Gasteiger partial charge in [0, 0.05) is 0 Å². The van der Waals surface area contributed by atoms with E-state index in [0.29, 0.717) is 6.42 Å². The highest BCUT2D eigenvalue weighted by atomic mass is 19.1. The lowest BCUT2D eigenvalue weighted by atomic mass is 10.1. The largest absolute Gasteiger partial charge is 0.326 e. The van der Waals surface area contributed by atoms with Gasteiger partial charge in [0.25, 0.3) is 5.91 Å². The van der Waals surface area contributed by atoms with Crippen molar-refractivity contribution in [1.82, 2.24) is 10.2 Å². The summed E-state index contributed by atoms with van der Waals surface area (Å²) in [5, 5.41) is 2.65. The molecule has 0 aromatic heterocycles. The quantitative estimate of drug-likeness (QED) is 0.831. The van der Waals surface area contributed by atoms with Gasteiger partial charge in [0.2, 0.25) is 0 Å². The smallest absolute Gasteiger partial charge is 0.325 e. The second kappa shape index (κ2) is 5.16. The van der Waals surface area contributed by atoms with Gasteiger partial charge in [-0.05, 0) is 24.1 Å². The van der Waals surface area contributed by atoms with E-state index in [0.717, 1.165) is 12.0 Å². The fourth-order valence-corrected chi connectivity index (χ4v) is 1.98. The van der Waals surface area contributed by atoms with Crippen molar-refractivity contribution in [2.75, 3.05) is 0 Å². The fourth-order valence-electron chi connectivity index (χ4n) is 1.98. The molecule has 1 aliphatic rings. The molecule has 2 rings (SSSR count). The molecule has 1 heterocycles. The van der Waals surface area contributed by atoms with Crippen LogP contribution in [0.3, 0.4) is 0 Å². The summed E-state index contributed by atoms with van der Waals surface area (Å²) in [5.41, 5.74) is 0.733. The highest BCUT2D eigenvalue weighted by molar-refractivity contribution is 6.04. The predicted molar refractivity (Wildman–Crippen MR) is 64.2 cm³/mol. The van der Waals surface area contributed by atoms with Crippen LogP contribution in [0.2, 0.25) is 0 Å². The molecule has 96 valence electrons. The van der Waals surface area contributed by atoms with E-state index in [9.17, 15) is 14.0 Å². The van der Waals surface area contributed by atoms with E-state index in [2.05, 4.69) is 5.32 Å². The zero-order valence-electron chi connectivity index (χ0n) is 10.1. The SMILES string of the molecule is CCC[C@H]1NC(=O)N(Cc2ccc(F)cc2)C1=O. The molecule has 1 aromatic carbocycles. The molecule has 1 saturated heterocycles. The van der Waals surface area contributed by atoms with Crippen molar-refractivity contribution in [2.45, 2.75) is 32.4 Å². The first-order valence-electron chi connectivity index (χ1n) is 5.98. The second-order valence-electron chi connectivity index (χ2n) is 4.34. The van der Waals surface area contributed by atoms with E-state index >= 15 is 0 Å². The van der Waals surface area contributed by atoms with Gasteiger partial charge in [0.05, 0.1) is 6.54 Å². The molecule has 0 radical (unpaired) electrons. The summed E-state index contributed by atoms with van der Waals surface area (Å²) in [6.07, 6.45) is 1.48. The van der Waals surface area contributed by atoms with E-state index in [-0.39, 0.29) is 24.3 Å². The lowest BCUT2D eigenvalue weighted by Gasteiger charge is -2.12. The highest BCUT2D eigenvalue weighted by Gasteiger charge is 2.36. The van der Waals surface area contributed by atoms with Gasteiger partial charge in [0.15, 0.2) is 0 Å². The van der Waals surface area contributed by atoms with Crippen molar-refractivity contribution in [3.8, 4) is 0 Å². The van der Waals surface area contributed by atoms with Crippen molar-refractivity contribution in [2.24, 2.45) is 0 Å². The maximum atomic E-state index is 12.8. The Bertz CT molecular complexity index is 459. The summed E-state index contributed by atoms with van der Waals surface area (Å²) in [4.78, 5) is 24.8. The van der Waals surface area contributed by atoms with Crippen LogP contribution in [0, 0.1) is 5.82 Å². The molecule has 0 saturated carbocycles. The number of nitrogens with one attached hydrogen (secondary N) is 1. The average molecular weight is 250 g/mol. The average Bonchev–Trinajstić information content (AvgIpc) is 2.60. The van der Waals surface area contributed by atoms with Crippen LogP contribution in [0.4, 0.5) is 9.18 Å². The summed E-state index contributed by atoms with van der Waals surface area (Å²) in [6, 6.07) is 4.99. The molecule has 4 nitrogen and oxygen atoms in total. The summed E-state index contributed by atoms with van der Waals surface area (Å²) < 4.78 is 12.8. The van der Waals surface area contributed by atoms with Gasteiger partial charge in [-0.15, -0.1) is 0 Å². The molecule has 1 fully saturated rings. The van der Waals surface area contributed by atoms with Crippen LogP contribution in [0.5, 0.6) is 0 Å². The van der Waals surface area contributed by atoms with Gasteiger partial charge >= 0.3 is 6.03 Å². The van der Waals surface area contributed by atoms with Crippen LogP contribution >= 0.6 is 0 Å². The molecular formula is C13H15FN2O2. The Hall–Kier alpha value is -1.91. The number of hydrogen-bond acceptors (Lipinski definition) is 2. The van der Waals surface area contributed by atoms with Crippen molar-refractivity contribution in [3.63, 3.8) is 0 Å². The Labute approximate surface area is 105 Å². The molecule has 0 unspecified atom stereocenters. The number of carbonyl (C=O) groups excluding carboxylic acids is 2. The number of carbonyl (C=O) groups is 2. The summed E-state index contributed by atoms with van der Waals surface area (Å²) in [5.74, 6) is -0.536. The zero-order chi connectivity index (χ0) is 13.1. The minimum atomic E-state index is -0.414. The van der Waals surface area contributed by atoms with Gasteiger partial charge in [-0.3, -0.25) is 9.69 Å². The van der Waals surface area contributed by atoms with Crippen LogP contribution in [-0.2, 0) is 11.3 Å². The molecule has 1 N–H and O–H groups in total. The second-order valence-corrected chi connectivity index (χ2v) is 4.34. The first kappa shape index (κ1) is 12.5. The number of amides is 3. The van der Waals surface area contributed by atoms with Crippen molar-refractivity contribution < 1.29 is 14.0 Å². The normalized spacial score (nSPS) is 19.2. The van der Waals surface area contributed by atoms with Gasteiger partial charge in [-0.2, -0.15) is 0 Å². The van der Waals surface area contributed by atoms with E-state index < -0.39 is 6.04 Å². The predicted octanol–water partition coefficient (Wildman–Crippen LogP) is 2.05. The Morgan fingerprint density at radius 1 is 1.28 bits per heavy atom. The number of halogens is 1. The Kier molecular flexibility index (Phi) is 3.60. The first-order valence-corrected chi connectivity index (χ1v) is 5.98. The molecule has 1 aliphatic heterocycles. The fraction of sp³-hybridized carbons (Fsp3) is 0.385. The maximum Gasteiger partial charge on any atom is 0.325 e. The topological polar surface area (TPSA) is 49.4 Å². The third kappa shape index (κ3) is 2.50. The lowest BCUT2D eigenvalue weighted by Crippen LogP contribution is -2.30. The highest BCUT2D eigenvalue weighted by Crippen LogP contribution is 2.15. The molecule has 18 heavy (non-hydrogen) atoms. The molecular weight excluding hydrogens is 235 g/mol. The third-order valence-corrected chi connectivity index (χ3v) is 2.94. The zero-order valence-corrected chi connectivity index (χ0v) is 10.1. The number of imide groups is 1. The van der Waals surface area contributed by atoms with Crippen LogP contribution in [-0.4, -0.2) is 22.9 Å². The van der Waals surface area contributed by atoms with Crippen molar-refractivity contribution >= 4 is 11.9 Å². The van der Waals surface area contributed by atoms with E-state index in [1.807, 2.05) is 6.92 Å². The van der Waals surface area contributed by atoms with E-state index in [4.69, 9.17) is 0 Å². The Balaban J connectivity index is 2.07. The molecule has 0 bridgehead atoms. The molecule has 1 aromatic rings. The number of benzene rings is 1. The number of rotatable bonds is 4. The van der Waals surface area contributed by atoms with Crippen molar-refractivity contribution in [3.05, 3.63) is 35.6 Å². The molecule has 0 spiro atoms.